The summed E-state index contributed by atoms with van der Waals surface area (Å²) in [4.78, 5) is 27.1. The van der Waals surface area contributed by atoms with Crippen LogP contribution >= 0.6 is 11.3 Å². The molecule has 2 unspecified atom stereocenters. The van der Waals surface area contributed by atoms with Gasteiger partial charge in [-0.3, -0.25) is 9.59 Å². The fourth-order valence-corrected chi connectivity index (χ4v) is 4.57. The number of carboxylic acids is 1. The van der Waals surface area contributed by atoms with E-state index < -0.39 is 17.8 Å². The topological polar surface area (TPSA) is 57.6 Å². The van der Waals surface area contributed by atoms with Crippen LogP contribution in [0, 0.1) is 30.6 Å². The average Bonchev–Trinajstić information content (AvgIpc) is 3.13. The molecule has 2 bridgehead atoms. The number of thiophene rings is 1. The molecule has 1 amide bonds. The monoisotopic (exact) mass is 305 g/mol. The predicted octanol–water partition coefficient (Wildman–Crippen LogP) is 2.54. The number of carbonyl (C=O) groups is 2. The second-order valence-electron chi connectivity index (χ2n) is 6.06. The summed E-state index contributed by atoms with van der Waals surface area (Å²) < 4.78 is 0. The molecular weight excluding hydrogens is 286 g/mol. The van der Waals surface area contributed by atoms with Crippen molar-refractivity contribution < 1.29 is 14.7 Å². The van der Waals surface area contributed by atoms with Crippen LogP contribution in [0.5, 0.6) is 0 Å². The van der Waals surface area contributed by atoms with Gasteiger partial charge in [-0.1, -0.05) is 12.2 Å². The Morgan fingerprint density at radius 1 is 1.33 bits per heavy atom. The number of carbonyl (C=O) groups excluding carboxylic acids is 1. The molecule has 5 heteroatoms. The van der Waals surface area contributed by atoms with Crippen LogP contribution in [0.25, 0.3) is 0 Å². The Labute approximate surface area is 128 Å². The van der Waals surface area contributed by atoms with Crippen molar-refractivity contribution in [2.24, 2.45) is 23.7 Å². The summed E-state index contributed by atoms with van der Waals surface area (Å²) in [5.41, 5.74) is 1.18. The first-order valence-electron chi connectivity index (χ1n) is 7.18. The molecule has 0 radical (unpaired) electrons. The Morgan fingerprint density at radius 2 is 2.00 bits per heavy atom. The highest BCUT2D eigenvalue weighted by atomic mass is 32.1. The van der Waals surface area contributed by atoms with Gasteiger partial charge < -0.3 is 10.0 Å². The lowest BCUT2D eigenvalue weighted by molar-refractivity contribution is -0.150. The van der Waals surface area contributed by atoms with Crippen molar-refractivity contribution in [2.75, 3.05) is 7.05 Å². The van der Waals surface area contributed by atoms with Gasteiger partial charge in [0.1, 0.15) is 0 Å². The molecule has 1 aromatic rings. The zero-order chi connectivity index (χ0) is 15.1. The van der Waals surface area contributed by atoms with Crippen LogP contribution in [0.3, 0.4) is 0 Å². The van der Waals surface area contributed by atoms with Gasteiger partial charge in [0.05, 0.1) is 18.4 Å². The first-order chi connectivity index (χ1) is 9.99. The quantitative estimate of drug-likeness (QED) is 0.870. The van der Waals surface area contributed by atoms with E-state index in [0.717, 1.165) is 11.3 Å². The first-order valence-corrected chi connectivity index (χ1v) is 8.06. The summed E-state index contributed by atoms with van der Waals surface area (Å²) in [6, 6.07) is 2.04. The highest BCUT2D eigenvalue weighted by molar-refractivity contribution is 7.10. The van der Waals surface area contributed by atoms with Crippen molar-refractivity contribution in [3.05, 3.63) is 34.0 Å². The Kier molecular flexibility index (Phi) is 3.61. The van der Waals surface area contributed by atoms with Gasteiger partial charge in [0.15, 0.2) is 0 Å². The molecule has 1 fully saturated rings. The number of nitrogens with zero attached hydrogens (tertiary/aromatic N) is 1. The molecular formula is C16H19NO3S. The molecule has 1 aromatic heterocycles. The summed E-state index contributed by atoms with van der Waals surface area (Å²) in [6.45, 7) is 2.59. The van der Waals surface area contributed by atoms with E-state index in [2.05, 4.69) is 0 Å². The molecule has 2 aliphatic carbocycles. The maximum absolute atomic E-state index is 12.7. The number of hydrogen-bond acceptors (Lipinski definition) is 3. The minimum Gasteiger partial charge on any atom is -0.481 e. The summed E-state index contributed by atoms with van der Waals surface area (Å²) in [7, 11) is 1.77. The Balaban J connectivity index is 1.76. The van der Waals surface area contributed by atoms with Crippen LogP contribution in [-0.2, 0) is 16.1 Å². The van der Waals surface area contributed by atoms with Crippen LogP contribution in [-0.4, -0.2) is 28.9 Å². The number of carboxylic acid groups (broad SMARTS) is 1. The van der Waals surface area contributed by atoms with E-state index in [0.29, 0.717) is 6.54 Å². The Bertz CT molecular complexity index is 606. The molecule has 0 aromatic carbocycles. The standard InChI is InChI=1S/C16H19NO3S/c1-9-5-6-21-12(9)8-17(2)15(18)13-10-3-4-11(7-10)14(13)16(19)20/h3-6,10-11,13-14H,7-8H2,1-2H3,(H,19,20)/t10?,11?,13-,14+/m0/s1. The fraction of sp³-hybridized carbons (Fsp3) is 0.500. The van der Waals surface area contributed by atoms with Gasteiger partial charge in [0.25, 0.3) is 0 Å². The maximum atomic E-state index is 12.7. The van der Waals surface area contributed by atoms with Crippen LogP contribution < -0.4 is 0 Å². The van der Waals surface area contributed by atoms with E-state index >= 15 is 0 Å². The van der Waals surface area contributed by atoms with Crippen LogP contribution in [0.2, 0.25) is 0 Å². The van der Waals surface area contributed by atoms with E-state index in [1.807, 2.05) is 30.5 Å². The molecule has 1 saturated carbocycles. The number of allylic oxidation sites excluding steroid dienone is 2. The highest BCUT2D eigenvalue weighted by Gasteiger charge is 2.52. The Hall–Kier alpha value is -1.62. The summed E-state index contributed by atoms with van der Waals surface area (Å²) in [5, 5.41) is 11.5. The zero-order valence-corrected chi connectivity index (χ0v) is 13.0. The lowest BCUT2D eigenvalue weighted by Crippen LogP contribution is -2.40. The lowest BCUT2D eigenvalue weighted by atomic mass is 9.82. The normalized spacial score (nSPS) is 29.8. The van der Waals surface area contributed by atoms with E-state index in [4.69, 9.17) is 0 Å². The van der Waals surface area contributed by atoms with E-state index in [1.165, 1.54) is 5.56 Å². The lowest BCUT2D eigenvalue weighted by Gasteiger charge is -2.28. The fourth-order valence-electron chi connectivity index (χ4n) is 3.61. The largest absolute Gasteiger partial charge is 0.481 e. The summed E-state index contributed by atoms with van der Waals surface area (Å²) in [6.07, 6.45) is 4.80. The van der Waals surface area contributed by atoms with E-state index in [1.54, 1.807) is 23.3 Å². The molecule has 21 heavy (non-hydrogen) atoms. The predicted molar refractivity (Wildman–Crippen MR) is 80.9 cm³/mol. The second kappa shape index (κ2) is 5.30. The summed E-state index contributed by atoms with van der Waals surface area (Å²) in [5.74, 6) is -1.71. The molecule has 0 saturated heterocycles. The van der Waals surface area contributed by atoms with Crippen molar-refractivity contribution in [2.45, 2.75) is 19.9 Å². The van der Waals surface area contributed by atoms with Crippen LogP contribution in [0.15, 0.2) is 23.6 Å². The SMILES string of the molecule is Cc1ccsc1CN(C)C(=O)[C@H]1C2C=CC(C2)[C@H]1C(=O)O. The molecule has 0 aliphatic heterocycles. The Morgan fingerprint density at radius 3 is 2.57 bits per heavy atom. The number of hydrogen-bond donors (Lipinski definition) is 1. The number of fused-ring (bicyclic) bond motifs is 2. The van der Waals surface area contributed by atoms with Gasteiger partial charge in [-0.25, -0.2) is 0 Å². The van der Waals surface area contributed by atoms with Crippen molar-refractivity contribution in [3.8, 4) is 0 Å². The van der Waals surface area contributed by atoms with Crippen molar-refractivity contribution in [3.63, 3.8) is 0 Å². The number of aryl methyl sites for hydroxylation is 1. The first kappa shape index (κ1) is 14.3. The van der Waals surface area contributed by atoms with Gasteiger partial charge in [-0.05, 0) is 42.2 Å². The molecule has 2 aliphatic rings. The highest BCUT2D eigenvalue weighted by Crippen LogP contribution is 2.48. The minimum absolute atomic E-state index is 0.0262. The van der Waals surface area contributed by atoms with Gasteiger partial charge in [0.2, 0.25) is 5.91 Å². The van der Waals surface area contributed by atoms with Gasteiger partial charge in [-0.15, -0.1) is 11.3 Å². The minimum atomic E-state index is -0.842. The smallest absolute Gasteiger partial charge is 0.307 e. The van der Waals surface area contributed by atoms with Crippen LogP contribution in [0.1, 0.15) is 16.9 Å². The zero-order valence-electron chi connectivity index (χ0n) is 12.2. The number of amides is 1. The molecule has 1 heterocycles. The molecule has 3 rings (SSSR count). The van der Waals surface area contributed by atoms with Gasteiger partial charge in [-0.2, -0.15) is 0 Å². The molecule has 4 atom stereocenters. The molecule has 1 N–H and O–H groups in total. The van der Waals surface area contributed by atoms with Crippen molar-refractivity contribution in [1.29, 1.82) is 0 Å². The third-order valence-electron chi connectivity index (χ3n) is 4.75. The van der Waals surface area contributed by atoms with Crippen LogP contribution in [0.4, 0.5) is 0 Å². The molecule has 4 nitrogen and oxygen atoms in total. The van der Waals surface area contributed by atoms with Crippen molar-refractivity contribution in [1.82, 2.24) is 4.90 Å². The maximum Gasteiger partial charge on any atom is 0.307 e. The van der Waals surface area contributed by atoms with E-state index in [9.17, 15) is 14.7 Å². The van der Waals surface area contributed by atoms with E-state index in [-0.39, 0.29) is 17.7 Å². The third kappa shape index (κ3) is 2.39. The third-order valence-corrected chi connectivity index (χ3v) is 5.76. The molecule has 112 valence electrons. The van der Waals surface area contributed by atoms with Gasteiger partial charge in [0, 0.05) is 11.9 Å². The average molecular weight is 305 g/mol. The van der Waals surface area contributed by atoms with Gasteiger partial charge >= 0.3 is 5.97 Å². The number of aliphatic carboxylic acids is 1. The molecule has 0 spiro atoms. The second-order valence-corrected chi connectivity index (χ2v) is 7.06. The summed E-state index contributed by atoms with van der Waals surface area (Å²) >= 11 is 1.64. The van der Waals surface area contributed by atoms with Crippen molar-refractivity contribution >= 4 is 23.2 Å². The number of rotatable bonds is 4.